The number of fused-ring (bicyclic) bond motifs is 1. The van der Waals surface area contributed by atoms with Gasteiger partial charge in [0.1, 0.15) is 5.69 Å². The van der Waals surface area contributed by atoms with Gasteiger partial charge in [0.2, 0.25) is 0 Å². The predicted octanol–water partition coefficient (Wildman–Crippen LogP) is 2.74. The van der Waals surface area contributed by atoms with Gasteiger partial charge in [-0.05, 0) is 25.0 Å². The number of pyridine rings is 1. The van der Waals surface area contributed by atoms with Crippen LogP contribution in [0.2, 0.25) is 0 Å². The zero-order chi connectivity index (χ0) is 13.9. The van der Waals surface area contributed by atoms with E-state index in [-0.39, 0.29) is 5.78 Å². The lowest BCUT2D eigenvalue weighted by molar-refractivity contribution is 0.0968. The molecule has 5 heteroatoms. The lowest BCUT2D eigenvalue weighted by Crippen LogP contribution is -2.20. The first kappa shape index (κ1) is 13.2. The molecular formula is C15H17N3OS. The molecule has 3 rings (SSSR count). The van der Waals surface area contributed by atoms with Crippen LogP contribution in [0.1, 0.15) is 33.9 Å². The maximum absolute atomic E-state index is 11.8. The van der Waals surface area contributed by atoms with Crippen molar-refractivity contribution in [3.63, 3.8) is 0 Å². The predicted molar refractivity (Wildman–Crippen MR) is 80.6 cm³/mol. The van der Waals surface area contributed by atoms with Crippen LogP contribution >= 0.6 is 11.3 Å². The second kappa shape index (κ2) is 5.71. The normalized spacial score (nSPS) is 14.2. The molecule has 0 fully saturated rings. The molecule has 0 bridgehead atoms. The van der Waals surface area contributed by atoms with E-state index in [1.54, 1.807) is 11.3 Å². The highest BCUT2D eigenvalue weighted by atomic mass is 32.1. The quantitative estimate of drug-likeness (QED) is 0.867. The Morgan fingerprint density at radius 2 is 2.25 bits per heavy atom. The summed E-state index contributed by atoms with van der Waals surface area (Å²) in [6.45, 7) is 0.859. The van der Waals surface area contributed by atoms with Gasteiger partial charge in [-0.1, -0.05) is 6.07 Å². The highest BCUT2D eigenvalue weighted by Crippen LogP contribution is 2.31. The van der Waals surface area contributed by atoms with Crippen LogP contribution in [0.3, 0.4) is 0 Å². The van der Waals surface area contributed by atoms with Crippen LogP contribution in [0.15, 0.2) is 24.4 Å². The van der Waals surface area contributed by atoms with Crippen LogP contribution in [0, 0.1) is 0 Å². The fourth-order valence-electron chi connectivity index (χ4n) is 2.34. The minimum absolute atomic E-state index is 0.201. The highest BCUT2D eigenvalue weighted by Gasteiger charge is 2.23. The minimum atomic E-state index is 0.201. The highest BCUT2D eigenvalue weighted by molar-refractivity contribution is 7.16. The van der Waals surface area contributed by atoms with Crippen molar-refractivity contribution in [3.05, 3.63) is 40.7 Å². The van der Waals surface area contributed by atoms with Crippen molar-refractivity contribution in [2.45, 2.75) is 25.7 Å². The number of rotatable bonds is 4. The van der Waals surface area contributed by atoms with Crippen molar-refractivity contribution < 1.29 is 4.79 Å². The standard InChI is InChI=1S/C15H17N3OS/c1-18(10-8-11-5-2-3-9-16-11)15-17-14-12(19)6-4-7-13(14)20-15/h2-3,5,9H,4,6-8,10H2,1H3. The minimum Gasteiger partial charge on any atom is -0.351 e. The van der Waals surface area contributed by atoms with Gasteiger partial charge in [-0.25, -0.2) is 4.98 Å². The fourth-order valence-corrected chi connectivity index (χ4v) is 3.45. The number of hydrogen-bond donors (Lipinski definition) is 0. The third-order valence-corrected chi connectivity index (χ3v) is 4.74. The van der Waals surface area contributed by atoms with Crippen LogP contribution in [0.4, 0.5) is 5.13 Å². The molecule has 0 amide bonds. The number of Topliss-reactive ketones (excluding diaryl/α,β-unsaturated/α-hetero) is 1. The third kappa shape index (κ3) is 2.72. The average molecular weight is 287 g/mol. The van der Waals surface area contributed by atoms with E-state index >= 15 is 0 Å². The molecule has 0 saturated heterocycles. The number of carbonyl (C=O) groups excluding carboxylic acids is 1. The van der Waals surface area contributed by atoms with E-state index in [9.17, 15) is 4.79 Å². The van der Waals surface area contributed by atoms with Gasteiger partial charge in [-0.2, -0.15) is 0 Å². The number of aromatic nitrogens is 2. The molecule has 0 aliphatic heterocycles. The van der Waals surface area contributed by atoms with E-state index in [0.717, 1.165) is 41.5 Å². The summed E-state index contributed by atoms with van der Waals surface area (Å²) in [6, 6.07) is 5.96. The van der Waals surface area contributed by atoms with Crippen LogP contribution in [0.25, 0.3) is 0 Å². The van der Waals surface area contributed by atoms with Gasteiger partial charge in [0.15, 0.2) is 10.9 Å². The number of thiazole rings is 1. The lowest BCUT2D eigenvalue weighted by Gasteiger charge is -2.14. The molecule has 0 atom stereocenters. The molecule has 1 aliphatic rings. The molecule has 2 heterocycles. The summed E-state index contributed by atoms with van der Waals surface area (Å²) >= 11 is 1.66. The first-order chi connectivity index (χ1) is 9.74. The van der Waals surface area contributed by atoms with Crippen LogP contribution in [-0.4, -0.2) is 29.3 Å². The van der Waals surface area contributed by atoms with E-state index in [4.69, 9.17) is 0 Å². The van der Waals surface area contributed by atoms with Gasteiger partial charge in [-0.15, -0.1) is 11.3 Å². The van der Waals surface area contributed by atoms with Crippen LogP contribution in [0.5, 0.6) is 0 Å². The SMILES string of the molecule is CN(CCc1ccccn1)c1nc2c(s1)CCCC2=O. The van der Waals surface area contributed by atoms with Crippen molar-refractivity contribution >= 4 is 22.3 Å². The Balaban J connectivity index is 1.68. The average Bonchev–Trinajstić information content (AvgIpc) is 2.91. The molecule has 4 nitrogen and oxygen atoms in total. The number of carbonyl (C=O) groups is 1. The van der Waals surface area contributed by atoms with Crippen molar-refractivity contribution in [1.29, 1.82) is 0 Å². The van der Waals surface area contributed by atoms with E-state index in [1.807, 2.05) is 31.4 Å². The Morgan fingerprint density at radius 3 is 3.00 bits per heavy atom. The summed E-state index contributed by atoms with van der Waals surface area (Å²) in [5.74, 6) is 0.201. The fraction of sp³-hybridized carbons (Fsp3) is 0.400. The summed E-state index contributed by atoms with van der Waals surface area (Å²) in [5.41, 5.74) is 1.79. The van der Waals surface area contributed by atoms with Gasteiger partial charge in [0.25, 0.3) is 0 Å². The summed E-state index contributed by atoms with van der Waals surface area (Å²) in [7, 11) is 2.03. The number of nitrogens with zero attached hydrogens (tertiary/aromatic N) is 3. The molecule has 0 N–H and O–H groups in total. The Hall–Kier alpha value is -1.75. The van der Waals surface area contributed by atoms with Gasteiger partial charge in [0, 0.05) is 43.2 Å². The van der Waals surface area contributed by atoms with E-state index in [2.05, 4.69) is 14.9 Å². The second-order valence-corrected chi connectivity index (χ2v) is 6.10. The second-order valence-electron chi connectivity index (χ2n) is 5.04. The largest absolute Gasteiger partial charge is 0.351 e. The molecule has 0 aromatic carbocycles. The van der Waals surface area contributed by atoms with E-state index in [0.29, 0.717) is 12.1 Å². The zero-order valence-corrected chi connectivity index (χ0v) is 12.3. The van der Waals surface area contributed by atoms with Crippen LogP contribution in [-0.2, 0) is 12.8 Å². The van der Waals surface area contributed by atoms with Crippen molar-refractivity contribution in [2.75, 3.05) is 18.5 Å². The van der Waals surface area contributed by atoms with Crippen LogP contribution < -0.4 is 4.90 Å². The molecule has 0 radical (unpaired) electrons. The summed E-state index contributed by atoms with van der Waals surface area (Å²) in [5, 5.41) is 0.946. The lowest BCUT2D eigenvalue weighted by atomic mass is 10.0. The van der Waals surface area contributed by atoms with Crippen molar-refractivity contribution in [3.8, 4) is 0 Å². The third-order valence-electron chi connectivity index (χ3n) is 3.51. The summed E-state index contributed by atoms with van der Waals surface area (Å²) in [4.78, 5) is 23.9. The van der Waals surface area contributed by atoms with Gasteiger partial charge in [-0.3, -0.25) is 9.78 Å². The maximum atomic E-state index is 11.8. The molecule has 20 heavy (non-hydrogen) atoms. The van der Waals surface area contributed by atoms with Crippen molar-refractivity contribution in [2.24, 2.45) is 0 Å². The smallest absolute Gasteiger partial charge is 0.185 e. The van der Waals surface area contributed by atoms with Crippen molar-refractivity contribution in [1.82, 2.24) is 9.97 Å². The molecule has 0 spiro atoms. The van der Waals surface area contributed by atoms with Gasteiger partial charge < -0.3 is 4.90 Å². The monoisotopic (exact) mass is 287 g/mol. The maximum Gasteiger partial charge on any atom is 0.185 e. The first-order valence-corrected chi connectivity index (χ1v) is 7.69. The first-order valence-electron chi connectivity index (χ1n) is 6.88. The Kier molecular flexibility index (Phi) is 3.78. The molecule has 1 aliphatic carbocycles. The number of likely N-dealkylation sites (N-methyl/N-ethyl adjacent to an activating group) is 1. The molecular weight excluding hydrogens is 270 g/mol. The van der Waals surface area contributed by atoms with Gasteiger partial charge >= 0.3 is 0 Å². The molecule has 104 valence electrons. The number of aryl methyl sites for hydroxylation is 1. The Bertz CT molecular complexity index is 609. The zero-order valence-electron chi connectivity index (χ0n) is 11.5. The molecule has 2 aromatic rings. The van der Waals surface area contributed by atoms with E-state index in [1.165, 1.54) is 0 Å². The van der Waals surface area contributed by atoms with E-state index < -0.39 is 0 Å². The topological polar surface area (TPSA) is 46.1 Å². The molecule has 0 saturated carbocycles. The molecule has 2 aromatic heterocycles. The number of hydrogen-bond acceptors (Lipinski definition) is 5. The Labute approximate surface area is 122 Å². The Morgan fingerprint density at radius 1 is 1.35 bits per heavy atom. The van der Waals surface area contributed by atoms with Gasteiger partial charge in [0.05, 0.1) is 0 Å². The summed E-state index contributed by atoms with van der Waals surface area (Å²) in [6.07, 6.45) is 5.30. The summed E-state index contributed by atoms with van der Waals surface area (Å²) < 4.78 is 0. The molecule has 0 unspecified atom stereocenters. The number of ketones is 1. The number of anilines is 1.